The van der Waals surface area contributed by atoms with Crippen molar-refractivity contribution in [3.8, 4) is 0 Å². The molecule has 4 nitrogen and oxygen atoms in total. The third-order valence-corrected chi connectivity index (χ3v) is 4.38. The van der Waals surface area contributed by atoms with Crippen molar-refractivity contribution >= 4 is 17.4 Å². The fraction of sp³-hybridized carbons (Fsp3) is 0.182. The van der Waals surface area contributed by atoms with Crippen molar-refractivity contribution in [3.05, 3.63) is 89.1 Å². The summed E-state index contributed by atoms with van der Waals surface area (Å²) in [5.74, 6) is 0.742. The molecule has 0 aliphatic rings. The number of rotatable bonds is 6. The van der Waals surface area contributed by atoms with Gasteiger partial charge in [0.1, 0.15) is 5.82 Å². The topological polar surface area (TPSA) is 54.0 Å². The summed E-state index contributed by atoms with van der Waals surface area (Å²) in [5, 5.41) is 6.20. The van der Waals surface area contributed by atoms with Crippen molar-refractivity contribution in [1.29, 1.82) is 0 Å². The van der Waals surface area contributed by atoms with Crippen molar-refractivity contribution in [1.82, 2.24) is 4.98 Å². The minimum atomic E-state index is -0.0401. The Balaban J connectivity index is 1.55. The molecule has 0 atom stereocenters. The highest BCUT2D eigenvalue weighted by Gasteiger charge is 2.06. The third kappa shape index (κ3) is 4.70. The lowest BCUT2D eigenvalue weighted by atomic mass is 10.1. The number of benzene rings is 2. The zero-order valence-corrected chi connectivity index (χ0v) is 15.1. The van der Waals surface area contributed by atoms with Gasteiger partial charge in [0.15, 0.2) is 0 Å². The van der Waals surface area contributed by atoms with Crippen molar-refractivity contribution in [3.63, 3.8) is 0 Å². The number of nitrogens with zero attached hydrogens (tertiary/aromatic N) is 1. The fourth-order valence-electron chi connectivity index (χ4n) is 2.75. The van der Waals surface area contributed by atoms with E-state index >= 15 is 0 Å². The summed E-state index contributed by atoms with van der Waals surface area (Å²) >= 11 is 0. The van der Waals surface area contributed by atoms with Crippen LogP contribution in [0.1, 0.15) is 22.3 Å². The van der Waals surface area contributed by atoms with Gasteiger partial charge in [0.25, 0.3) is 0 Å². The second-order valence-corrected chi connectivity index (χ2v) is 6.36. The first kappa shape index (κ1) is 17.7. The number of pyridine rings is 1. The molecule has 4 heteroatoms. The lowest BCUT2D eigenvalue weighted by Crippen LogP contribution is -2.15. The van der Waals surface area contributed by atoms with Gasteiger partial charge in [-0.2, -0.15) is 0 Å². The first-order valence-electron chi connectivity index (χ1n) is 8.70. The molecule has 132 valence electrons. The van der Waals surface area contributed by atoms with Crippen LogP contribution in [0.4, 0.5) is 11.5 Å². The second-order valence-electron chi connectivity index (χ2n) is 6.36. The van der Waals surface area contributed by atoms with E-state index in [9.17, 15) is 4.79 Å². The number of nitrogens with one attached hydrogen (secondary N) is 2. The molecule has 3 aromatic rings. The number of aryl methyl sites for hydroxylation is 2. The molecule has 2 N–H and O–H groups in total. The molecular formula is C22H23N3O. The van der Waals surface area contributed by atoms with Gasteiger partial charge in [0, 0.05) is 6.54 Å². The maximum absolute atomic E-state index is 12.2. The molecule has 0 saturated carbocycles. The lowest BCUT2D eigenvalue weighted by Gasteiger charge is -2.10. The maximum Gasteiger partial charge on any atom is 0.228 e. The Kier molecular flexibility index (Phi) is 5.64. The summed E-state index contributed by atoms with van der Waals surface area (Å²) in [6.45, 7) is 4.83. The predicted octanol–water partition coefficient (Wildman–Crippen LogP) is 4.49. The molecule has 3 rings (SSSR count). The van der Waals surface area contributed by atoms with E-state index in [2.05, 4.69) is 34.7 Å². The molecule has 0 radical (unpaired) electrons. The van der Waals surface area contributed by atoms with Gasteiger partial charge in [-0.05, 0) is 48.2 Å². The van der Waals surface area contributed by atoms with Crippen LogP contribution in [-0.2, 0) is 17.8 Å². The summed E-state index contributed by atoms with van der Waals surface area (Å²) in [6.07, 6.45) is 2.04. The largest absolute Gasteiger partial charge is 0.366 e. The Morgan fingerprint density at radius 3 is 2.15 bits per heavy atom. The molecule has 26 heavy (non-hydrogen) atoms. The summed E-state index contributed by atoms with van der Waals surface area (Å²) < 4.78 is 0. The molecule has 0 unspecified atom stereocenters. The van der Waals surface area contributed by atoms with Crippen molar-refractivity contribution in [2.75, 3.05) is 10.6 Å². The average molecular weight is 345 g/mol. The Hall–Kier alpha value is -3.14. The van der Waals surface area contributed by atoms with E-state index < -0.39 is 0 Å². The summed E-state index contributed by atoms with van der Waals surface area (Å²) in [7, 11) is 0. The molecule has 2 aromatic carbocycles. The Bertz CT molecular complexity index is 888. The van der Waals surface area contributed by atoms with E-state index in [1.165, 1.54) is 11.1 Å². The summed E-state index contributed by atoms with van der Waals surface area (Å²) in [4.78, 5) is 16.6. The normalized spacial score (nSPS) is 10.4. The molecular weight excluding hydrogens is 322 g/mol. The van der Waals surface area contributed by atoms with Crippen LogP contribution in [-0.4, -0.2) is 10.9 Å². The van der Waals surface area contributed by atoms with Gasteiger partial charge >= 0.3 is 0 Å². The summed E-state index contributed by atoms with van der Waals surface area (Å²) in [5.41, 5.74) is 5.35. The average Bonchev–Trinajstić information content (AvgIpc) is 2.64. The van der Waals surface area contributed by atoms with Gasteiger partial charge in [-0.25, -0.2) is 4.98 Å². The number of aromatic nitrogens is 1. The molecule has 1 heterocycles. The first-order chi connectivity index (χ1) is 12.6. The minimum Gasteiger partial charge on any atom is -0.366 e. The smallest absolute Gasteiger partial charge is 0.228 e. The molecule has 0 saturated heterocycles. The quantitative estimate of drug-likeness (QED) is 0.692. The minimum absolute atomic E-state index is 0.0401. The molecule has 0 spiro atoms. The van der Waals surface area contributed by atoms with E-state index in [4.69, 9.17) is 0 Å². The zero-order valence-electron chi connectivity index (χ0n) is 15.1. The SMILES string of the molecule is Cc1ccccc1CNc1ccc(NC(=O)Cc2ccccc2C)cn1. The van der Waals surface area contributed by atoms with Crippen LogP contribution >= 0.6 is 0 Å². The van der Waals surface area contributed by atoms with Gasteiger partial charge in [-0.3, -0.25) is 4.79 Å². The Labute approximate surface area is 154 Å². The first-order valence-corrected chi connectivity index (χ1v) is 8.70. The van der Waals surface area contributed by atoms with Crippen LogP contribution in [0.5, 0.6) is 0 Å². The van der Waals surface area contributed by atoms with Crippen LogP contribution in [0.15, 0.2) is 66.9 Å². The fourth-order valence-corrected chi connectivity index (χ4v) is 2.75. The van der Waals surface area contributed by atoms with Crippen molar-refractivity contribution in [2.45, 2.75) is 26.8 Å². The summed E-state index contributed by atoms with van der Waals surface area (Å²) in [6, 6.07) is 19.9. The number of amides is 1. The van der Waals surface area contributed by atoms with Gasteiger partial charge in [0.05, 0.1) is 18.3 Å². The molecule has 1 aromatic heterocycles. The number of anilines is 2. The third-order valence-electron chi connectivity index (χ3n) is 4.38. The maximum atomic E-state index is 12.2. The van der Waals surface area contributed by atoms with Gasteiger partial charge in [-0.1, -0.05) is 48.5 Å². The van der Waals surface area contributed by atoms with Crippen LogP contribution in [0, 0.1) is 13.8 Å². The zero-order chi connectivity index (χ0) is 18.4. The van der Waals surface area contributed by atoms with Gasteiger partial charge in [-0.15, -0.1) is 0 Å². The van der Waals surface area contributed by atoms with Crippen LogP contribution in [0.2, 0.25) is 0 Å². The number of hydrogen-bond donors (Lipinski definition) is 2. The van der Waals surface area contributed by atoms with Gasteiger partial charge in [0.2, 0.25) is 5.91 Å². The van der Waals surface area contributed by atoms with E-state index in [0.29, 0.717) is 12.1 Å². The van der Waals surface area contributed by atoms with Crippen molar-refractivity contribution < 1.29 is 4.79 Å². The monoisotopic (exact) mass is 345 g/mol. The Morgan fingerprint density at radius 2 is 1.54 bits per heavy atom. The van der Waals surface area contributed by atoms with Crippen LogP contribution in [0.3, 0.4) is 0 Å². The molecule has 0 aliphatic heterocycles. The van der Waals surface area contributed by atoms with E-state index in [-0.39, 0.29) is 5.91 Å². The highest BCUT2D eigenvalue weighted by atomic mass is 16.1. The lowest BCUT2D eigenvalue weighted by molar-refractivity contribution is -0.115. The molecule has 1 amide bonds. The Morgan fingerprint density at radius 1 is 0.885 bits per heavy atom. The van der Waals surface area contributed by atoms with Crippen LogP contribution in [0.25, 0.3) is 0 Å². The van der Waals surface area contributed by atoms with Gasteiger partial charge < -0.3 is 10.6 Å². The van der Waals surface area contributed by atoms with E-state index in [0.717, 1.165) is 23.5 Å². The highest BCUT2D eigenvalue weighted by molar-refractivity contribution is 5.92. The second kappa shape index (κ2) is 8.30. The number of hydrogen-bond acceptors (Lipinski definition) is 3. The number of carbonyl (C=O) groups is 1. The number of carbonyl (C=O) groups excluding carboxylic acids is 1. The molecule has 0 fully saturated rings. The highest BCUT2D eigenvalue weighted by Crippen LogP contribution is 2.14. The van der Waals surface area contributed by atoms with E-state index in [1.54, 1.807) is 6.20 Å². The standard InChI is InChI=1S/C22H23N3O/c1-16-7-3-5-9-18(16)13-22(26)25-20-11-12-21(24-15-20)23-14-19-10-6-4-8-17(19)2/h3-12,15H,13-14H2,1-2H3,(H,23,24)(H,25,26). The van der Waals surface area contributed by atoms with Crippen LogP contribution < -0.4 is 10.6 Å². The predicted molar refractivity (Wildman–Crippen MR) is 106 cm³/mol. The van der Waals surface area contributed by atoms with Crippen molar-refractivity contribution in [2.24, 2.45) is 0 Å². The molecule has 0 aliphatic carbocycles. The van der Waals surface area contributed by atoms with E-state index in [1.807, 2.05) is 55.5 Å². The molecule has 0 bridgehead atoms.